The van der Waals surface area contributed by atoms with Crippen molar-refractivity contribution in [2.75, 3.05) is 5.75 Å². The molecular weight excluding hydrogens is 256 g/mol. The average molecular weight is 280 g/mol. The quantitative estimate of drug-likeness (QED) is 0.769. The van der Waals surface area contributed by atoms with Crippen LogP contribution in [0.15, 0.2) is 6.07 Å². The molecule has 1 fully saturated rings. The van der Waals surface area contributed by atoms with Crippen molar-refractivity contribution in [2.45, 2.75) is 64.2 Å². The smallest absolute Gasteiger partial charge is 0.148 e. The molecule has 2 rings (SSSR count). The van der Waals surface area contributed by atoms with E-state index in [1.807, 2.05) is 16.4 Å². The summed E-state index contributed by atoms with van der Waals surface area (Å²) in [5, 5.41) is 5.22. The number of aryl methyl sites for hydroxylation is 2. The average Bonchev–Trinajstić information content (AvgIpc) is 3.05. The van der Waals surface area contributed by atoms with Gasteiger partial charge in [-0.2, -0.15) is 16.9 Å². The third kappa shape index (κ3) is 4.10. The number of Topliss-reactive ketones (excluding diaryl/α,β-unsaturated/α-hetero) is 1. The van der Waals surface area contributed by atoms with Gasteiger partial charge in [-0.25, -0.2) is 0 Å². The summed E-state index contributed by atoms with van der Waals surface area (Å²) in [6, 6.07) is 2.08. The number of rotatable bonds is 7. The Balaban J connectivity index is 1.85. The first kappa shape index (κ1) is 14.6. The Bertz CT molecular complexity index is 422. The minimum absolute atomic E-state index is 0.342. The fourth-order valence-corrected chi connectivity index (χ4v) is 3.81. The van der Waals surface area contributed by atoms with Gasteiger partial charge in [0, 0.05) is 23.9 Å². The van der Waals surface area contributed by atoms with Crippen LogP contribution >= 0.6 is 11.8 Å². The molecule has 0 aromatic carbocycles. The van der Waals surface area contributed by atoms with E-state index in [-0.39, 0.29) is 0 Å². The Hall–Kier alpha value is -0.770. The molecule has 0 unspecified atom stereocenters. The van der Waals surface area contributed by atoms with Gasteiger partial charge >= 0.3 is 0 Å². The fourth-order valence-electron chi connectivity index (χ4n) is 2.62. The lowest BCUT2D eigenvalue weighted by Crippen LogP contribution is -2.12. The summed E-state index contributed by atoms with van der Waals surface area (Å²) in [4.78, 5) is 12.1. The van der Waals surface area contributed by atoms with E-state index in [0.29, 0.717) is 18.0 Å². The van der Waals surface area contributed by atoms with E-state index in [4.69, 9.17) is 0 Å². The van der Waals surface area contributed by atoms with Gasteiger partial charge in [-0.3, -0.25) is 9.48 Å². The molecular formula is C15H24N2OS. The highest BCUT2D eigenvalue weighted by atomic mass is 32.2. The summed E-state index contributed by atoms with van der Waals surface area (Å²) < 4.78 is 1.97. The zero-order valence-electron chi connectivity index (χ0n) is 12.0. The number of nitrogens with zero attached hydrogens (tertiary/aromatic N) is 2. The minimum Gasteiger partial charge on any atom is -0.298 e. The molecule has 3 nitrogen and oxygen atoms in total. The largest absolute Gasteiger partial charge is 0.298 e. The zero-order chi connectivity index (χ0) is 13.7. The SMILES string of the molecule is CCc1cc(CC(=O)CSC2CCCC2)n(CC)n1. The van der Waals surface area contributed by atoms with Crippen LogP contribution in [0.4, 0.5) is 0 Å². The predicted molar refractivity (Wildman–Crippen MR) is 80.7 cm³/mol. The third-order valence-corrected chi connectivity index (χ3v) is 5.17. The lowest BCUT2D eigenvalue weighted by atomic mass is 10.2. The molecule has 1 aromatic rings. The van der Waals surface area contributed by atoms with Crippen LogP contribution < -0.4 is 0 Å². The maximum Gasteiger partial charge on any atom is 0.148 e. The topological polar surface area (TPSA) is 34.9 Å². The minimum atomic E-state index is 0.342. The molecule has 0 bridgehead atoms. The van der Waals surface area contributed by atoms with E-state index >= 15 is 0 Å². The van der Waals surface area contributed by atoms with Gasteiger partial charge in [0.05, 0.1) is 11.4 Å². The molecule has 4 heteroatoms. The van der Waals surface area contributed by atoms with Gasteiger partial charge < -0.3 is 0 Å². The maximum absolute atomic E-state index is 12.1. The fraction of sp³-hybridized carbons (Fsp3) is 0.733. The van der Waals surface area contributed by atoms with E-state index in [1.165, 1.54) is 25.7 Å². The molecule has 0 aliphatic heterocycles. The summed E-state index contributed by atoms with van der Waals surface area (Å²) in [5.41, 5.74) is 2.17. The van der Waals surface area contributed by atoms with Crippen LogP contribution in [0, 0.1) is 0 Å². The summed E-state index contributed by atoms with van der Waals surface area (Å²) in [7, 11) is 0. The van der Waals surface area contributed by atoms with Crippen LogP contribution in [0.25, 0.3) is 0 Å². The molecule has 19 heavy (non-hydrogen) atoms. The van der Waals surface area contributed by atoms with E-state index in [2.05, 4.69) is 25.0 Å². The third-order valence-electron chi connectivity index (χ3n) is 3.74. The molecule has 1 aromatic heterocycles. The second-order valence-corrected chi connectivity index (χ2v) is 6.52. The molecule has 1 aliphatic carbocycles. The van der Waals surface area contributed by atoms with Gasteiger partial charge in [0.2, 0.25) is 0 Å². The molecule has 0 radical (unpaired) electrons. The Morgan fingerprint density at radius 3 is 2.79 bits per heavy atom. The lowest BCUT2D eigenvalue weighted by molar-refractivity contribution is -0.116. The number of hydrogen-bond donors (Lipinski definition) is 0. The van der Waals surface area contributed by atoms with Crippen molar-refractivity contribution in [2.24, 2.45) is 0 Å². The zero-order valence-corrected chi connectivity index (χ0v) is 12.8. The molecule has 106 valence electrons. The monoisotopic (exact) mass is 280 g/mol. The summed E-state index contributed by atoms with van der Waals surface area (Å²) in [5.74, 6) is 1.01. The second kappa shape index (κ2) is 7.13. The van der Waals surface area contributed by atoms with Crippen LogP contribution in [-0.2, 0) is 24.2 Å². The van der Waals surface area contributed by atoms with Crippen LogP contribution in [0.1, 0.15) is 50.9 Å². The summed E-state index contributed by atoms with van der Waals surface area (Å²) >= 11 is 1.86. The lowest BCUT2D eigenvalue weighted by Gasteiger charge is -2.08. The highest BCUT2D eigenvalue weighted by molar-refractivity contribution is 8.00. The van der Waals surface area contributed by atoms with E-state index < -0.39 is 0 Å². The number of carbonyl (C=O) groups excluding carboxylic acids is 1. The number of carbonyl (C=O) groups is 1. The van der Waals surface area contributed by atoms with Gasteiger partial charge in [-0.05, 0) is 32.3 Å². The summed E-state index contributed by atoms with van der Waals surface area (Å²) in [6.45, 7) is 5.02. The van der Waals surface area contributed by atoms with Crippen molar-refractivity contribution < 1.29 is 4.79 Å². The van der Waals surface area contributed by atoms with Crippen molar-refractivity contribution in [1.29, 1.82) is 0 Å². The van der Waals surface area contributed by atoms with Gasteiger partial charge in [-0.1, -0.05) is 19.8 Å². The predicted octanol–water partition coefficient (Wildman–Crippen LogP) is 3.25. The van der Waals surface area contributed by atoms with Crippen molar-refractivity contribution in [3.8, 4) is 0 Å². The van der Waals surface area contributed by atoms with Gasteiger partial charge in [0.15, 0.2) is 0 Å². The number of hydrogen-bond acceptors (Lipinski definition) is 3. The molecule has 0 atom stereocenters. The van der Waals surface area contributed by atoms with Crippen LogP contribution in [-0.4, -0.2) is 26.6 Å². The first-order valence-corrected chi connectivity index (χ1v) is 8.46. The van der Waals surface area contributed by atoms with Crippen molar-refractivity contribution in [3.05, 3.63) is 17.5 Å². The Labute approximate surface area is 120 Å². The first-order chi connectivity index (χ1) is 9.22. The Morgan fingerprint density at radius 2 is 2.16 bits per heavy atom. The van der Waals surface area contributed by atoms with Crippen LogP contribution in [0.2, 0.25) is 0 Å². The first-order valence-electron chi connectivity index (χ1n) is 7.41. The highest BCUT2D eigenvalue weighted by Crippen LogP contribution is 2.29. The number of ketones is 1. The molecule has 0 saturated heterocycles. The van der Waals surface area contributed by atoms with Gasteiger partial charge in [0.25, 0.3) is 0 Å². The number of aromatic nitrogens is 2. The molecule has 0 N–H and O–H groups in total. The van der Waals surface area contributed by atoms with Gasteiger partial charge in [-0.15, -0.1) is 0 Å². The standard InChI is InChI=1S/C15H24N2OS/c1-3-12-9-13(17(4-2)16-12)10-14(18)11-19-15-7-5-6-8-15/h9,15H,3-8,10-11H2,1-2H3. The Kier molecular flexibility index (Phi) is 5.49. The van der Waals surface area contributed by atoms with Crippen LogP contribution in [0.5, 0.6) is 0 Å². The summed E-state index contributed by atoms with van der Waals surface area (Å²) in [6.07, 6.45) is 6.75. The van der Waals surface area contributed by atoms with E-state index in [9.17, 15) is 4.79 Å². The van der Waals surface area contributed by atoms with Crippen molar-refractivity contribution >= 4 is 17.5 Å². The van der Waals surface area contributed by atoms with Crippen molar-refractivity contribution in [3.63, 3.8) is 0 Å². The van der Waals surface area contributed by atoms with Crippen molar-refractivity contribution in [1.82, 2.24) is 9.78 Å². The van der Waals surface area contributed by atoms with E-state index in [0.717, 1.165) is 29.6 Å². The Morgan fingerprint density at radius 1 is 1.42 bits per heavy atom. The second-order valence-electron chi connectivity index (χ2n) is 5.23. The molecule has 0 spiro atoms. The molecule has 1 saturated carbocycles. The molecule has 0 amide bonds. The molecule has 1 aliphatic rings. The number of thioether (sulfide) groups is 1. The van der Waals surface area contributed by atoms with E-state index in [1.54, 1.807) is 0 Å². The molecule has 1 heterocycles. The van der Waals surface area contributed by atoms with Gasteiger partial charge in [0.1, 0.15) is 5.78 Å². The van der Waals surface area contributed by atoms with Crippen LogP contribution in [0.3, 0.4) is 0 Å². The highest BCUT2D eigenvalue weighted by Gasteiger charge is 2.17. The maximum atomic E-state index is 12.1. The normalized spacial score (nSPS) is 16.1.